The highest BCUT2D eigenvalue weighted by molar-refractivity contribution is 5.95. The van der Waals surface area contributed by atoms with E-state index < -0.39 is 6.03 Å². The van der Waals surface area contributed by atoms with Crippen LogP contribution in [0.4, 0.5) is 4.79 Å². The molecule has 1 saturated heterocycles. The Hall–Kier alpha value is -1.10. The first-order valence-electron chi connectivity index (χ1n) is 5.56. The molecule has 0 aromatic rings. The average Bonchev–Trinajstić information content (AvgIpc) is 2.43. The third-order valence-electron chi connectivity index (χ3n) is 3.00. The van der Waals surface area contributed by atoms with E-state index in [1.165, 1.54) is 17.7 Å². The number of carbonyl (C=O) groups excluding carboxylic acids is 2. The van der Waals surface area contributed by atoms with Crippen LogP contribution in [0, 0.1) is 0 Å². The first kappa shape index (κ1) is 12.0. The maximum absolute atomic E-state index is 11.5. The van der Waals surface area contributed by atoms with Crippen molar-refractivity contribution in [2.45, 2.75) is 38.6 Å². The first-order valence-corrected chi connectivity index (χ1v) is 5.56. The van der Waals surface area contributed by atoms with Crippen molar-refractivity contribution in [2.24, 2.45) is 5.73 Å². The second-order valence-electron chi connectivity index (χ2n) is 4.15. The van der Waals surface area contributed by atoms with Gasteiger partial charge in [-0.15, -0.1) is 0 Å². The van der Waals surface area contributed by atoms with E-state index >= 15 is 0 Å². The minimum Gasteiger partial charge on any atom is -0.351 e. The highest BCUT2D eigenvalue weighted by Gasteiger charge is 2.26. The minimum atomic E-state index is -0.763. The quantitative estimate of drug-likeness (QED) is 0.553. The molecule has 1 fully saturated rings. The summed E-state index contributed by atoms with van der Waals surface area (Å²) in [5.41, 5.74) is 4.91. The molecule has 1 rings (SSSR count). The number of hydrogen-bond donors (Lipinski definition) is 3. The van der Waals surface area contributed by atoms with Crippen LogP contribution in [0.2, 0.25) is 0 Å². The van der Waals surface area contributed by atoms with Crippen LogP contribution in [0.25, 0.3) is 0 Å². The second-order valence-corrected chi connectivity index (χ2v) is 4.15. The van der Waals surface area contributed by atoms with E-state index in [-0.39, 0.29) is 11.9 Å². The molecule has 0 aromatic heterocycles. The number of imide groups is 1. The van der Waals surface area contributed by atoms with Gasteiger partial charge in [-0.3, -0.25) is 10.1 Å². The van der Waals surface area contributed by atoms with Crippen LogP contribution < -0.4 is 16.0 Å². The van der Waals surface area contributed by atoms with Crippen LogP contribution in [-0.4, -0.2) is 31.1 Å². The van der Waals surface area contributed by atoms with E-state index in [1.807, 2.05) is 6.92 Å². The number of hydrogen-bond acceptors (Lipinski definition) is 2. The summed E-state index contributed by atoms with van der Waals surface area (Å²) >= 11 is 0. The Kier molecular flexibility index (Phi) is 4.55. The standard InChI is InChI=1S/C10H19N3O2/c1-8(9(14)12-10(11)15)13-6-4-2-3-5-7-13/h8H,2-7H2,1H3,(H3,11,12,14,15)/p+1/t8-/m0/s1. The number of likely N-dealkylation sites (tertiary alicyclic amines) is 1. The Morgan fingerprint density at radius 2 is 1.73 bits per heavy atom. The van der Waals surface area contributed by atoms with Crippen molar-refractivity contribution in [2.75, 3.05) is 13.1 Å². The lowest BCUT2D eigenvalue weighted by atomic mass is 10.2. The summed E-state index contributed by atoms with van der Waals surface area (Å²) in [6, 6.07) is -0.948. The monoisotopic (exact) mass is 214 g/mol. The van der Waals surface area contributed by atoms with Gasteiger partial charge >= 0.3 is 6.03 Å². The predicted molar refractivity (Wildman–Crippen MR) is 56.4 cm³/mol. The molecule has 4 N–H and O–H groups in total. The Balaban J connectivity index is 2.46. The molecule has 15 heavy (non-hydrogen) atoms. The summed E-state index contributed by atoms with van der Waals surface area (Å²) in [6.07, 6.45) is 4.80. The molecule has 1 aliphatic heterocycles. The molecular weight excluding hydrogens is 194 g/mol. The Labute approximate surface area is 90.0 Å². The summed E-state index contributed by atoms with van der Waals surface area (Å²) in [4.78, 5) is 23.3. The van der Waals surface area contributed by atoms with Crippen molar-refractivity contribution in [3.63, 3.8) is 0 Å². The van der Waals surface area contributed by atoms with Gasteiger partial charge in [0.2, 0.25) is 0 Å². The fourth-order valence-electron chi connectivity index (χ4n) is 2.03. The normalized spacial score (nSPS) is 20.3. The number of nitrogens with two attached hydrogens (primary N) is 1. The molecule has 3 amide bonds. The lowest BCUT2D eigenvalue weighted by Crippen LogP contribution is -3.16. The van der Waals surface area contributed by atoms with E-state index in [4.69, 9.17) is 5.73 Å². The van der Waals surface area contributed by atoms with Crippen LogP contribution in [0.15, 0.2) is 0 Å². The van der Waals surface area contributed by atoms with Crippen molar-refractivity contribution >= 4 is 11.9 Å². The van der Waals surface area contributed by atoms with Gasteiger partial charge in [0.25, 0.3) is 5.91 Å². The van der Waals surface area contributed by atoms with Gasteiger partial charge in [0.05, 0.1) is 13.1 Å². The molecule has 86 valence electrons. The van der Waals surface area contributed by atoms with E-state index in [2.05, 4.69) is 5.32 Å². The van der Waals surface area contributed by atoms with Gasteiger partial charge in [-0.05, 0) is 32.6 Å². The number of nitrogens with one attached hydrogen (secondary N) is 2. The molecular formula is C10H20N3O2+. The van der Waals surface area contributed by atoms with Crippen LogP contribution in [-0.2, 0) is 4.79 Å². The molecule has 1 heterocycles. The molecule has 1 aliphatic rings. The van der Waals surface area contributed by atoms with Gasteiger partial charge in [-0.25, -0.2) is 4.79 Å². The van der Waals surface area contributed by atoms with E-state index in [1.54, 1.807) is 0 Å². The second kappa shape index (κ2) is 5.70. The van der Waals surface area contributed by atoms with Crippen molar-refractivity contribution in [1.29, 1.82) is 0 Å². The molecule has 0 aromatic carbocycles. The van der Waals surface area contributed by atoms with Gasteiger partial charge in [0.1, 0.15) is 0 Å². The van der Waals surface area contributed by atoms with Gasteiger partial charge in [0, 0.05) is 0 Å². The van der Waals surface area contributed by atoms with Gasteiger partial charge in [0.15, 0.2) is 6.04 Å². The highest BCUT2D eigenvalue weighted by Crippen LogP contribution is 1.99. The highest BCUT2D eigenvalue weighted by atomic mass is 16.2. The molecule has 0 bridgehead atoms. The van der Waals surface area contributed by atoms with Crippen molar-refractivity contribution in [3.05, 3.63) is 0 Å². The maximum Gasteiger partial charge on any atom is 0.319 e. The lowest BCUT2D eigenvalue weighted by Gasteiger charge is -2.22. The number of quaternary nitrogens is 1. The number of rotatable bonds is 2. The van der Waals surface area contributed by atoms with Crippen LogP contribution in [0.5, 0.6) is 0 Å². The topological polar surface area (TPSA) is 76.6 Å². The lowest BCUT2D eigenvalue weighted by molar-refractivity contribution is -0.913. The average molecular weight is 214 g/mol. The molecule has 0 radical (unpaired) electrons. The van der Waals surface area contributed by atoms with E-state index in [9.17, 15) is 9.59 Å². The predicted octanol–water partition coefficient (Wildman–Crippen LogP) is -0.971. The van der Waals surface area contributed by atoms with Gasteiger partial charge in [-0.1, -0.05) is 0 Å². The van der Waals surface area contributed by atoms with Crippen LogP contribution in [0.3, 0.4) is 0 Å². The SMILES string of the molecule is C[C@@H](C(=O)NC(N)=O)[NH+]1CCCCCC1. The zero-order valence-electron chi connectivity index (χ0n) is 9.21. The number of primary amides is 1. The van der Waals surface area contributed by atoms with E-state index in [0.717, 1.165) is 25.9 Å². The summed E-state index contributed by atoms with van der Waals surface area (Å²) in [5.74, 6) is -0.264. The molecule has 1 atom stereocenters. The van der Waals surface area contributed by atoms with E-state index in [0.29, 0.717) is 0 Å². The number of urea groups is 1. The van der Waals surface area contributed by atoms with Gasteiger partial charge in [-0.2, -0.15) is 0 Å². The summed E-state index contributed by atoms with van der Waals surface area (Å²) in [5, 5.41) is 2.14. The fraction of sp³-hybridized carbons (Fsp3) is 0.800. The summed E-state index contributed by atoms with van der Waals surface area (Å²) in [7, 11) is 0. The zero-order chi connectivity index (χ0) is 11.3. The smallest absolute Gasteiger partial charge is 0.319 e. The Bertz CT molecular complexity index is 235. The van der Waals surface area contributed by atoms with Crippen LogP contribution in [0.1, 0.15) is 32.6 Å². The number of carbonyl (C=O) groups is 2. The van der Waals surface area contributed by atoms with Crippen molar-refractivity contribution in [1.82, 2.24) is 5.32 Å². The van der Waals surface area contributed by atoms with Crippen molar-refractivity contribution < 1.29 is 14.5 Å². The molecule has 0 aliphatic carbocycles. The van der Waals surface area contributed by atoms with Gasteiger partial charge < -0.3 is 10.6 Å². The number of amides is 3. The fourth-order valence-corrected chi connectivity index (χ4v) is 2.03. The summed E-state index contributed by atoms with van der Waals surface area (Å²) < 4.78 is 0. The third kappa shape index (κ3) is 3.87. The van der Waals surface area contributed by atoms with Crippen molar-refractivity contribution in [3.8, 4) is 0 Å². The maximum atomic E-state index is 11.5. The molecule has 5 nitrogen and oxygen atoms in total. The summed E-state index contributed by atoms with van der Waals surface area (Å²) in [6.45, 7) is 3.86. The third-order valence-corrected chi connectivity index (χ3v) is 3.00. The minimum absolute atomic E-state index is 0.185. The molecule has 5 heteroatoms. The van der Waals surface area contributed by atoms with Crippen LogP contribution >= 0.6 is 0 Å². The Morgan fingerprint density at radius 3 is 2.20 bits per heavy atom. The Morgan fingerprint density at radius 1 is 1.20 bits per heavy atom. The molecule has 0 spiro atoms. The molecule has 0 saturated carbocycles. The largest absolute Gasteiger partial charge is 0.351 e. The molecule has 0 unspecified atom stereocenters. The first-order chi connectivity index (χ1) is 7.11. The zero-order valence-corrected chi connectivity index (χ0v) is 9.21.